The van der Waals surface area contributed by atoms with Crippen LogP contribution in [0, 0.1) is 0 Å². The fourth-order valence-corrected chi connectivity index (χ4v) is 2.82. The number of nitrogens with one attached hydrogen (secondary N) is 1. The molecule has 0 radical (unpaired) electrons. The number of carbonyl (C=O) groups excluding carboxylic acids is 3. The van der Waals surface area contributed by atoms with Crippen molar-refractivity contribution in [3.63, 3.8) is 0 Å². The molecule has 148 valence electrons. The molecule has 1 saturated heterocycles. The number of ether oxygens (including phenoxy) is 2. The number of unbranched alkanes of at least 4 members (excludes halogenated alkanes) is 1. The number of hydrogen-bond donors (Lipinski definition) is 1. The van der Waals surface area contributed by atoms with Crippen LogP contribution in [0.5, 0.6) is 5.75 Å². The second-order valence-electron chi connectivity index (χ2n) is 6.77. The number of hydrogen-bond acceptors (Lipinski definition) is 5. The highest BCUT2D eigenvalue weighted by molar-refractivity contribution is 5.99. The van der Waals surface area contributed by atoms with Gasteiger partial charge in [0.15, 0.2) is 0 Å². The van der Waals surface area contributed by atoms with Crippen LogP contribution in [0.15, 0.2) is 24.3 Å². The minimum atomic E-state index is -0.863. The second kappa shape index (κ2) is 9.94. The van der Waals surface area contributed by atoms with E-state index in [0.29, 0.717) is 31.0 Å². The van der Waals surface area contributed by atoms with E-state index in [2.05, 4.69) is 12.2 Å². The third-order valence-electron chi connectivity index (χ3n) is 4.19. The summed E-state index contributed by atoms with van der Waals surface area (Å²) in [5, 5.41) is 2.70. The fourth-order valence-electron chi connectivity index (χ4n) is 2.82. The van der Waals surface area contributed by atoms with E-state index in [-0.39, 0.29) is 24.3 Å². The van der Waals surface area contributed by atoms with Gasteiger partial charge in [0.05, 0.1) is 19.1 Å². The van der Waals surface area contributed by atoms with Gasteiger partial charge in [-0.05, 0) is 44.5 Å². The van der Waals surface area contributed by atoms with E-state index >= 15 is 0 Å². The molecule has 1 aromatic rings. The van der Waals surface area contributed by atoms with E-state index in [4.69, 9.17) is 9.47 Å². The first-order valence-corrected chi connectivity index (χ1v) is 9.43. The van der Waals surface area contributed by atoms with Crippen molar-refractivity contribution in [2.75, 3.05) is 19.7 Å². The third-order valence-corrected chi connectivity index (χ3v) is 4.19. The van der Waals surface area contributed by atoms with Crippen molar-refractivity contribution < 1.29 is 23.9 Å². The van der Waals surface area contributed by atoms with Gasteiger partial charge in [-0.25, -0.2) is 0 Å². The number of nitrogens with zero attached hydrogens (tertiary/aromatic N) is 1. The Morgan fingerprint density at radius 2 is 1.96 bits per heavy atom. The summed E-state index contributed by atoms with van der Waals surface area (Å²) in [6.45, 7) is 6.92. The maximum absolute atomic E-state index is 12.9. The minimum absolute atomic E-state index is 0.159. The molecule has 1 atom stereocenters. The number of amides is 2. The Balaban J connectivity index is 2.07. The largest absolute Gasteiger partial charge is 0.494 e. The molecule has 7 heteroatoms. The van der Waals surface area contributed by atoms with Gasteiger partial charge in [-0.2, -0.15) is 0 Å². The van der Waals surface area contributed by atoms with Gasteiger partial charge in [0.1, 0.15) is 11.8 Å². The molecule has 27 heavy (non-hydrogen) atoms. The smallest absolute Gasteiger partial charge is 0.308 e. The minimum Gasteiger partial charge on any atom is -0.494 e. The molecule has 1 fully saturated rings. The quantitative estimate of drug-likeness (QED) is 0.555. The van der Waals surface area contributed by atoms with Gasteiger partial charge in [0.25, 0.3) is 5.91 Å². The highest BCUT2D eigenvalue weighted by Crippen LogP contribution is 2.18. The van der Waals surface area contributed by atoms with Gasteiger partial charge in [0, 0.05) is 18.7 Å². The summed E-state index contributed by atoms with van der Waals surface area (Å²) in [5.41, 5.74) is 0.453. The molecule has 0 aromatic heterocycles. The summed E-state index contributed by atoms with van der Waals surface area (Å²) in [4.78, 5) is 38.5. The Labute approximate surface area is 160 Å². The summed E-state index contributed by atoms with van der Waals surface area (Å²) in [6, 6.07) is 5.99. The van der Waals surface area contributed by atoms with E-state index in [1.165, 1.54) is 4.90 Å². The maximum atomic E-state index is 12.9. The Morgan fingerprint density at radius 1 is 1.26 bits per heavy atom. The molecule has 0 spiro atoms. The summed E-state index contributed by atoms with van der Waals surface area (Å²) < 4.78 is 10.7. The van der Waals surface area contributed by atoms with E-state index in [1.54, 1.807) is 38.1 Å². The van der Waals surface area contributed by atoms with E-state index in [9.17, 15) is 14.4 Å². The van der Waals surface area contributed by atoms with Crippen LogP contribution in [-0.4, -0.2) is 54.5 Å². The highest BCUT2D eigenvalue weighted by Gasteiger charge is 2.35. The number of benzene rings is 1. The summed E-state index contributed by atoms with van der Waals surface area (Å²) in [5.74, 6) is -0.417. The van der Waals surface area contributed by atoms with Crippen molar-refractivity contribution in [1.82, 2.24) is 10.2 Å². The Bertz CT molecular complexity index is 657. The highest BCUT2D eigenvalue weighted by atomic mass is 16.5. The van der Waals surface area contributed by atoms with Crippen molar-refractivity contribution in [3.8, 4) is 5.75 Å². The Morgan fingerprint density at radius 3 is 2.59 bits per heavy atom. The van der Waals surface area contributed by atoms with Crippen LogP contribution in [0.1, 0.15) is 50.4 Å². The molecule has 0 aliphatic carbocycles. The topological polar surface area (TPSA) is 84.9 Å². The zero-order valence-corrected chi connectivity index (χ0v) is 16.2. The average Bonchev–Trinajstić information content (AvgIpc) is 2.63. The molecule has 1 heterocycles. The lowest BCUT2D eigenvalue weighted by Crippen LogP contribution is -2.57. The van der Waals surface area contributed by atoms with Gasteiger partial charge in [-0.3, -0.25) is 14.4 Å². The van der Waals surface area contributed by atoms with Crippen LogP contribution >= 0.6 is 0 Å². The predicted molar refractivity (Wildman–Crippen MR) is 101 cm³/mol. The summed E-state index contributed by atoms with van der Waals surface area (Å²) in [7, 11) is 0. The molecule has 1 N–H and O–H groups in total. The van der Waals surface area contributed by atoms with Crippen molar-refractivity contribution in [2.45, 2.75) is 52.2 Å². The van der Waals surface area contributed by atoms with Gasteiger partial charge in [0.2, 0.25) is 5.91 Å². The summed E-state index contributed by atoms with van der Waals surface area (Å²) >= 11 is 0. The normalized spacial score (nSPS) is 16.8. The number of carbonyl (C=O) groups is 3. The zero-order valence-electron chi connectivity index (χ0n) is 16.2. The summed E-state index contributed by atoms with van der Waals surface area (Å²) in [6.07, 6.45) is 1.59. The van der Waals surface area contributed by atoms with Crippen LogP contribution in [0.4, 0.5) is 0 Å². The van der Waals surface area contributed by atoms with Crippen molar-refractivity contribution >= 4 is 17.8 Å². The fraction of sp³-hybridized carbons (Fsp3) is 0.550. The Hall–Kier alpha value is -2.57. The van der Waals surface area contributed by atoms with Crippen LogP contribution < -0.4 is 10.1 Å². The first-order chi connectivity index (χ1) is 12.9. The maximum Gasteiger partial charge on any atom is 0.308 e. The van der Waals surface area contributed by atoms with Gasteiger partial charge < -0.3 is 19.7 Å². The molecule has 1 aromatic carbocycles. The third kappa shape index (κ3) is 5.98. The molecule has 0 bridgehead atoms. The van der Waals surface area contributed by atoms with Crippen molar-refractivity contribution in [2.24, 2.45) is 0 Å². The van der Waals surface area contributed by atoms with Crippen molar-refractivity contribution in [3.05, 3.63) is 29.8 Å². The first kappa shape index (κ1) is 20.7. The molecule has 2 rings (SSSR count). The van der Waals surface area contributed by atoms with Crippen LogP contribution in [0.25, 0.3) is 0 Å². The zero-order chi connectivity index (χ0) is 19.8. The molecule has 0 unspecified atom stereocenters. The first-order valence-electron chi connectivity index (χ1n) is 9.43. The van der Waals surface area contributed by atoms with Crippen LogP contribution in [0.2, 0.25) is 0 Å². The molecule has 2 amide bonds. The molecule has 1 aliphatic heterocycles. The van der Waals surface area contributed by atoms with Gasteiger partial charge >= 0.3 is 5.97 Å². The van der Waals surface area contributed by atoms with Gasteiger partial charge in [-0.15, -0.1) is 0 Å². The lowest BCUT2D eigenvalue weighted by Gasteiger charge is -2.34. The molecular weight excluding hydrogens is 348 g/mol. The molecular formula is C20H28N2O5. The number of piperazine rings is 1. The second-order valence-corrected chi connectivity index (χ2v) is 6.77. The van der Waals surface area contributed by atoms with E-state index in [1.807, 2.05) is 0 Å². The number of rotatable bonds is 8. The van der Waals surface area contributed by atoms with E-state index < -0.39 is 12.0 Å². The van der Waals surface area contributed by atoms with Crippen LogP contribution in [-0.2, 0) is 14.3 Å². The molecule has 1 aliphatic rings. The standard InChI is InChI=1S/C20H28N2O5/c1-4-5-12-26-16-8-6-15(7-9-16)20(25)22-11-10-21-19(24)17(22)13-18(23)27-14(2)3/h6-9,14,17H,4-5,10-13H2,1-3H3,(H,21,24)/t17-/m0/s1. The Kier molecular flexibility index (Phi) is 7.64. The SMILES string of the molecule is CCCCOc1ccc(C(=O)N2CCNC(=O)[C@@H]2CC(=O)OC(C)C)cc1. The lowest BCUT2D eigenvalue weighted by atomic mass is 10.1. The van der Waals surface area contributed by atoms with E-state index in [0.717, 1.165) is 12.8 Å². The monoisotopic (exact) mass is 376 g/mol. The average molecular weight is 376 g/mol. The lowest BCUT2D eigenvalue weighted by molar-refractivity contribution is -0.151. The molecule has 0 saturated carbocycles. The van der Waals surface area contributed by atoms with Crippen LogP contribution in [0.3, 0.4) is 0 Å². The van der Waals surface area contributed by atoms with Crippen molar-refractivity contribution in [1.29, 1.82) is 0 Å². The predicted octanol–water partition coefficient (Wildman–Crippen LogP) is 2.15. The molecule has 7 nitrogen and oxygen atoms in total. The van der Waals surface area contributed by atoms with Gasteiger partial charge in [-0.1, -0.05) is 13.3 Å². The number of esters is 1.